The number of allylic oxidation sites excluding steroid dienone is 1. The highest BCUT2D eigenvalue weighted by Gasteiger charge is 2.11. The van der Waals surface area contributed by atoms with Gasteiger partial charge in [-0.2, -0.15) is 0 Å². The van der Waals surface area contributed by atoms with E-state index in [2.05, 4.69) is 4.99 Å². The predicted octanol–water partition coefficient (Wildman–Crippen LogP) is 2.05. The zero-order valence-corrected chi connectivity index (χ0v) is 9.98. The minimum absolute atomic E-state index is 0.0922. The lowest BCUT2D eigenvalue weighted by atomic mass is 10.1. The largest absolute Gasteiger partial charge is 0.276 e. The van der Waals surface area contributed by atoms with Gasteiger partial charge in [-0.1, -0.05) is 30.3 Å². The fourth-order valence-corrected chi connectivity index (χ4v) is 2.05. The molecule has 4 nitrogen and oxygen atoms in total. The third kappa shape index (κ3) is 2.15. The second-order valence-corrected chi connectivity index (χ2v) is 4.20. The molecule has 0 aromatic heterocycles. The van der Waals surface area contributed by atoms with E-state index >= 15 is 0 Å². The Morgan fingerprint density at radius 2 is 1.79 bits per heavy atom. The van der Waals surface area contributed by atoms with Gasteiger partial charge in [0.05, 0.1) is 21.5 Å². The average Bonchev–Trinajstić information content (AvgIpc) is 2.81. The Bertz CT molecular complexity index is 770. The van der Waals surface area contributed by atoms with Crippen LogP contribution in [0, 0.1) is 10.1 Å². The molecule has 1 aliphatic rings. The van der Waals surface area contributed by atoms with Gasteiger partial charge in [-0.3, -0.25) is 10.1 Å². The summed E-state index contributed by atoms with van der Waals surface area (Å²) >= 11 is 0. The fourth-order valence-electron chi connectivity index (χ4n) is 2.05. The van der Waals surface area contributed by atoms with E-state index in [1.54, 1.807) is 24.3 Å². The number of fused-ring (bicyclic) bond motifs is 1. The van der Waals surface area contributed by atoms with Gasteiger partial charge in [-0.05, 0) is 24.3 Å². The van der Waals surface area contributed by atoms with Crippen LogP contribution in [0.2, 0.25) is 0 Å². The SMILES string of the molecule is O=[N+]([O-])c1ccccc1C=C1C=c2ccccc2=N1. The van der Waals surface area contributed by atoms with Gasteiger partial charge in [0.25, 0.3) is 5.69 Å². The first-order chi connectivity index (χ1) is 9.24. The van der Waals surface area contributed by atoms with Crippen LogP contribution in [-0.2, 0) is 0 Å². The number of para-hydroxylation sites is 2. The maximum atomic E-state index is 10.9. The molecule has 0 amide bonds. The van der Waals surface area contributed by atoms with Crippen LogP contribution in [0.5, 0.6) is 0 Å². The molecule has 0 radical (unpaired) electrons. The molecule has 3 rings (SSSR count). The van der Waals surface area contributed by atoms with E-state index < -0.39 is 0 Å². The van der Waals surface area contributed by atoms with E-state index in [1.165, 1.54) is 6.07 Å². The van der Waals surface area contributed by atoms with E-state index in [0.717, 1.165) is 16.3 Å². The maximum Gasteiger partial charge on any atom is 0.276 e. The minimum Gasteiger partial charge on any atom is -0.258 e. The lowest BCUT2D eigenvalue weighted by molar-refractivity contribution is -0.385. The number of nitro groups is 1. The van der Waals surface area contributed by atoms with Crippen LogP contribution in [-0.4, -0.2) is 4.92 Å². The van der Waals surface area contributed by atoms with Gasteiger partial charge in [0.1, 0.15) is 0 Å². The molecule has 0 saturated carbocycles. The molecule has 0 bridgehead atoms. The third-order valence-electron chi connectivity index (χ3n) is 2.93. The first kappa shape index (κ1) is 11.3. The zero-order valence-electron chi connectivity index (χ0n) is 9.98. The van der Waals surface area contributed by atoms with Crippen LogP contribution in [0.25, 0.3) is 12.2 Å². The van der Waals surface area contributed by atoms with E-state index in [0.29, 0.717) is 5.56 Å². The van der Waals surface area contributed by atoms with Crippen LogP contribution in [0.15, 0.2) is 59.2 Å². The van der Waals surface area contributed by atoms with Crippen molar-refractivity contribution in [3.05, 3.63) is 80.5 Å². The van der Waals surface area contributed by atoms with E-state index in [9.17, 15) is 10.1 Å². The number of hydrogen-bond donors (Lipinski definition) is 0. The van der Waals surface area contributed by atoms with Crippen LogP contribution in [0.3, 0.4) is 0 Å². The van der Waals surface area contributed by atoms with Gasteiger partial charge in [0.15, 0.2) is 0 Å². The van der Waals surface area contributed by atoms with Gasteiger partial charge in [0, 0.05) is 11.3 Å². The third-order valence-corrected chi connectivity index (χ3v) is 2.93. The summed E-state index contributed by atoms with van der Waals surface area (Å²) in [6, 6.07) is 14.4. The summed E-state index contributed by atoms with van der Waals surface area (Å²) < 4.78 is 0. The smallest absolute Gasteiger partial charge is 0.258 e. The number of nitrogens with zero attached hydrogens (tertiary/aromatic N) is 2. The molecule has 19 heavy (non-hydrogen) atoms. The summed E-state index contributed by atoms with van der Waals surface area (Å²) in [6.45, 7) is 0. The summed E-state index contributed by atoms with van der Waals surface area (Å²) in [4.78, 5) is 15.0. The van der Waals surface area contributed by atoms with Crippen molar-refractivity contribution in [2.24, 2.45) is 4.99 Å². The van der Waals surface area contributed by atoms with Gasteiger partial charge in [0.2, 0.25) is 0 Å². The van der Waals surface area contributed by atoms with Crippen molar-refractivity contribution in [2.45, 2.75) is 0 Å². The van der Waals surface area contributed by atoms with Gasteiger partial charge in [-0.15, -0.1) is 0 Å². The Morgan fingerprint density at radius 3 is 2.58 bits per heavy atom. The first-order valence-corrected chi connectivity index (χ1v) is 5.85. The first-order valence-electron chi connectivity index (χ1n) is 5.85. The Balaban J connectivity index is 2.10. The Hall–Kier alpha value is -2.75. The highest BCUT2D eigenvalue weighted by Crippen LogP contribution is 2.21. The van der Waals surface area contributed by atoms with Gasteiger partial charge < -0.3 is 0 Å². The zero-order chi connectivity index (χ0) is 13.2. The number of nitro benzene ring substituents is 1. The molecular formula is C15H10N2O2. The summed E-state index contributed by atoms with van der Waals surface area (Å²) in [7, 11) is 0. The van der Waals surface area contributed by atoms with Crippen molar-refractivity contribution in [3.8, 4) is 0 Å². The van der Waals surface area contributed by atoms with Crippen LogP contribution in [0.4, 0.5) is 5.69 Å². The van der Waals surface area contributed by atoms with Crippen molar-refractivity contribution in [3.63, 3.8) is 0 Å². The molecule has 0 aliphatic carbocycles. The molecule has 1 heterocycles. The van der Waals surface area contributed by atoms with Crippen LogP contribution < -0.4 is 10.6 Å². The van der Waals surface area contributed by atoms with Crippen molar-refractivity contribution in [1.29, 1.82) is 0 Å². The predicted molar refractivity (Wildman–Crippen MR) is 72.8 cm³/mol. The van der Waals surface area contributed by atoms with Crippen LogP contribution >= 0.6 is 0 Å². The van der Waals surface area contributed by atoms with E-state index in [-0.39, 0.29) is 10.6 Å². The lowest BCUT2D eigenvalue weighted by Gasteiger charge is -1.97. The molecule has 92 valence electrons. The molecule has 2 aromatic carbocycles. The van der Waals surface area contributed by atoms with E-state index in [4.69, 9.17) is 0 Å². The molecule has 0 atom stereocenters. The summed E-state index contributed by atoms with van der Waals surface area (Å²) in [6.07, 6.45) is 3.66. The molecular weight excluding hydrogens is 240 g/mol. The number of benzene rings is 2. The lowest BCUT2D eigenvalue weighted by Crippen LogP contribution is -2.19. The number of hydrogen-bond acceptors (Lipinski definition) is 3. The monoisotopic (exact) mass is 250 g/mol. The molecule has 0 spiro atoms. The molecule has 2 aromatic rings. The summed E-state index contributed by atoms with van der Waals surface area (Å²) in [5.74, 6) is 0. The Kier molecular flexibility index (Phi) is 2.68. The second-order valence-electron chi connectivity index (χ2n) is 4.20. The highest BCUT2D eigenvalue weighted by molar-refractivity contribution is 5.70. The van der Waals surface area contributed by atoms with E-state index in [1.807, 2.05) is 30.3 Å². The second kappa shape index (κ2) is 4.49. The Morgan fingerprint density at radius 1 is 1.05 bits per heavy atom. The quantitative estimate of drug-likeness (QED) is 0.605. The summed E-state index contributed by atoms with van der Waals surface area (Å²) in [5, 5.41) is 12.9. The topological polar surface area (TPSA) is 55.5 Å². The standard InChI is InChI=1S/C15H10N2O2/c18-17(19)15-8-4-2-6-12(15)10-13-9-11-5-1-3-7-14(11)16-13/h1-10H. The van der Waals surface area contributed by atoms with Crippen LogP contribution in [0.1, 0.15) is 5.56 Å². The minimum atomic E-state index is -0.380. The van der Waals surface area contributed by atoms with Crippen molar-refractivity contribution >= 4 is 17.8 Å². The average molecular weight is 250 g/mol. The molecule has 0 unspecified atom stereocenters. The Labute approximate surface area is 109 Å². The normalized spacial score (nSPS) is 14.6. The van der Waals surface area contributed by atoms with Gasteiger partial charge in [-0.25, -0.2) is 4.99 Å². The summed E-state index contributed by atoms with van der Waals surface area (Å²) in [5.41, 5.74) is 1.39. The maximum absolute atomic E-state index is 10.9. The number of rotatable bonds is 2. The molecule has 4 heteroatoms. The highest BCUT2D eigenvalue weighted by atomic mass is 16.6. The fraction of sp³-hybridized carbons (Fsp3) is 0. The molecule has 1 aliphatic heterocycles. The molecule has 0 N–H and O–H groups in total. The van der Waals surface area contributed by atoms with Crippen molar-refractivity contribution in [2.75, 3.05) is 0 Å². The molecule has 0 saturated heterocycles. The van der Waals surface area contributed by atoms with Crippen molar-refractivity contribution < 1.29 is 4.92 Å². The van der Waals surface area contributed by atoms with Gasteiger partial charge >= 0.3 is 0 Å². The molecule has 0 fully saturated rings. The van der Waals surface area contributed by atoms with Crippen molar-refractivity contribution in [1.82, 2.24) is 0 Å².